The summed E-state index contributed by atoms with van der Waals surface area (Å²) in [5, 5.41) is 2.94. The van der Waals surface area contributed by atoms with Crippen LogP contribution in [0.2, 0.25) is 0 Å². The van der Waals surface area contributed by atoms with Crippen molar-refractivity contribution < 1.29 is 14.3 Å². The minimum absolute atomic E-state index is 0.0415. The van der Waals surface area contributed by atoms with Crippen molar-refractivity contribution in [2.75, 3.05) is 13.2 Å². The average molecular weight is 458 g/mol. The smallest absolute Gasteiger partial charge is 0.258 e. The Bertz CT molecular complexity index is 1290. The van der Waals surface area contributed by atoms with Crippen molar-refractivity contribution in [1.29, 1.82) is 0 Å². The van der Waals surface area contributed by atoms with Gasteiger partial charge in [0, 0.05) is 0 Å². The second kappa shape index (κ2) is 10.4. The van der Waals surface area contributed by atoms with Crippen LogP contribution in [0.3, 0.4) is 0 Å². The highest BCUT2D eigenvalue weighted by molar-refractivity contribution is 5.78. The van der Waals surface area contributed by atoms with E-state index in [9.17, 15) is 4.79 Å². The van der Waals surface area contributed by atoms with Gasteiger partial charge in [-0.15, -0.1) is 0 Å². The lowest BCUT2D eigenvalue weighted by Gasteiger charge is -2.14. The number of nitrogens with zero attached hydrogens (tertiary/aromatic N) is 2. The molecule has 3 aromatic carbocycles. The summed E-state index contributed by atoms with van der Waals surface area (Å²) in [5.74, 6) is 2.24. The van der Waals surface area contributed by atoms with E-state index in [1.54, 1.807) is 0 Å². The monoisotopic (exact) mass is 457 g/mol. The molecule has 0 spiro atoms. The zero-order valence-corrected chi connectivity index (χ0v) is 20.2. The molecule has 6 nitrogen and oxygen atoms in total. The molecule has 176 valence electrons. The third-order valence-electron chi connectivity index (χ3n) is 5.85. The topological polar surface area (TPSA) is 65.4 Å². The summed E-state index contributed by atoms with van der Waals surface area (Å²) in [6.07, 6.45) is 0. The van der Waals surface area contributed by atoms with Gasteiger partial charge in [-0.25, -0.2) is 4.98 Å². The van der Waals surface area contributed by atoms with Gasteiger partial charge in [0.1, 0.15) is 23.9 Å². The Kier molecular flexibility index (Phi) is 7.16. The van der Waals surface area contributed by atoms with E-state index in [-0.39, 0.29) is 12.5 Å². The highest BCUT2D eigenvalue weighted by Gasteiger charge is 2.13. The molecule has 0 fully saturated rings. The molecule has 1 N–H and O–H groups in total. The number of fused-ring (bicyclic) bond motifs is 1. The second-order valence-electron chi connectivity index (χ2n) is 8.57. The van der Waals surface area contributed by atoms with E-state index in [1.807, 2.05) is 62.4 Å². The largest absolute Gasteiger partial charge is 0.491 e. The molecule has 4 aromatic rings. The van der Waals surface area contributed by atoms with Crippen molar-refractivity contribution in [3.8, 4) is 11.5 Å². The fourth-order valence-corrected chi connectivity index (χ4v) is 4.01. The fraction of sp³-hybridized carbons (Fsp3) is 0.286. The summed E-state index contributed by atoms with van der Waals surface area (Å²) in [4.78, 5) is 17.2. The van der Waals surface area contributed by atoms with Gasteiger partial charge in [0.05, 0.1) is 24.1 Å². The van der Waals surface area contributed by atoms with Crippen LogP contribution in [0.4, 0.5) is 0 Å². The molecular weight excluding hydrogens is 426 g/mol. The van der Waals surface area contributed by atoms with Crippen LogP contribution < -0.4 is 14.8 Å². The van der Waals surface area contributed by atoms with Crippen molar-refractivity contribution in [1.82, 2.24) is 14.9 Å². The van der Waals surface area contributed by atoms with Crippen molar-refractivity contribution >= 4 is 16.9 Å². The molecule has 1 aromatic heterocycles. The predicted octanol–water partition coefficient (Wildman–Crippen LogP) is 5.04. The van der Waals surface area contributed by atoms with Gasteiger partial charge in [0.25, 0.3) is 5.91 Å². The van der Waals surface area contributed by atoms with Crippen molar-refractivity contribution in [3.63, 3.8) is 0 Å². The SMILES string of the molecule is Cc1ccc(C)c(OCC(=O)NCc2nc3ccccc3n2CCOc2c(C)cccc2C)c1. The number of hydrogen-bond donors (Lipinski definition) is 1. The molecule has 34 heavy (non-hydrogen) atoms. The van der Waals surface area contributed by atoms with Gasteiger partial charge in [-0.2, -0.15) is 0 Å². The number of hydrogen-bond acceptors (Lipinski definition) is 4. The number of carbonyl (C=O) groups is 1. The Balaban J connectivity index is 1.41. The van der Waals surface area contributed by atoms with E-state index < -0.39 is 0 Å². The molecule has 6 heteroatoms. The molecule has 1 heterocycles. The minimum Gasteiger partial charge on any atom is -0.491 e. The zero-order chi connectivity index (χ0) is 24.1. The van der Waals surface area contributed by atoms with Gasteiger partial charge in [-0.05, 0) is 68.1 Å². The molecule has 0 aliphatic carbocycles. The Morgan fingerprint density at radius 3 is 2.47 bits per heavy atom. The third-order valence-corrected chi connectivity index (χ3v) is 5.85. The van der Waals surface area contributed by atoms with E-state index in [0.717, 1.165) is 50.6 Å². The Morgan fingerprint density at radius 2 is 1.68 bits per heavy atom. The summed E-state index contributed by atoms with van der Waals surface area (Å²) in [6.45, 7) is 9.47. The van der Waals surface area contributed by atoms with Crippen LogP contribution in [0, 0.1) is 27.7 Å². The molecule has 0 atom stereocenters. The normalized spacial score (nSPS) is 10.9. The van der Waals surface area contributed by atoms with Gasteiger partial charge in [-0.3, -0.25) is 4.79 Å². The number of benzene rings is 3. The van der Waals surface area contributed by atoms with Gasteiger partial charge >= 0.3 is 0 Å². The van der Waals surface area contributed by atoms with E-state index in [2.05, 4.69) is 35.9 Å². The molecule has 0 saturated carbocycles. The molecule has 4 rings (SSSR count). The summed E-state index contributed by atoms with van der Waals surface area (Å²) >= 11 is 0. The quantitative estimate of drug-likeness (QED) is 0.382. The molecule has 0 bridgehead atoms. The maximum Gasteiger partial charge on any atom is 0.258 e. The molecular formula is C28H31N3O3. The maximum absolute atomic E-state index is 12.5. The predicted molar refractivity (Wildman–Crippen MR) is 134 cm³/mol. The van der Waals surface area contributed by atoms with Crippen LogP contribution in [0.5, 0.6) is 11.5 Å². The molecule has 0 radical (unpaired) electrons. The van der Waals surface area contributed by atoms with Crippen LogP contribution >= 0.6 is 0 Å². The minimum atomic E-state index is -0.189. The summed E-state index contributed by atoms with van der Waals surface area (Å²) < 4.78 is 14.0. The van der Waals surface area contributed by atoms with Gasteiger partial charge in [0.15, 0.2) is 6.61 Å². The van der Waals surface area contributed by atoms with Crippen LogP contribution in [0.1, 0.15) is 28.1 Å². The lowest BCUT2D eigenvalue weighted by atomic mass is 10.1. The first kappa shape index (κ1) is 23.4. The van der Waals surface area contributed by atoms with Crippen LogP contribution in [-0.4, -0.2) is 28.7 Å². The number of aryl methyl sites for hydroxylation is 4. The Morgan fingerprint density at radius 1 is 0.912 bits per heavy atom. The highest BCUT2D eigenvalue weighted by atomic mass is 16.5. The lowest BCUT2D eigenvalue weighted by Crippen LogP contribution is -2.30. The van der Waals surface area contributed by atoms with Gasteiger partial charge in [-0.1, -0.05) is 42.5 Å². The molecule has 0 aliphatic heterocycles. The van der Waals surface area contributed by atoms with Crippen LogP contribution in [-0.2, 0) is 17.9 Å². The van der Waals surface area contributed by atoms with Crippen LogP contribution in [0.15, 0.2) is 60.7 Å². The number of amides is 1. The molecule has 1 amide bonds. The Hall–Kier alpha value is -3.80. The molecule has 0 unspecified atom stereocenters. The molecule has 0 aliphatic rings. The van der Waals surface area contributed by atoms with Gasteiger partial charge in [0.2, 0.25) is 0 Å². The molecule has 0 saturated heterocycles. The van der Waals surface area contributed by atoms with E-state index >= 15 is 0 Å². The first-order valence-electron chi connectivity index (χ1n) is 11.5. The maximum atomic E-state index is 12.5. The number of rotatable bonds is 9. The van der Waals surface area contributed by atoms with Crippen molar-refractivity contribution in [2.45, 2.75) is 40.8 Å². The van der Waals surface area contributed by atoms with E-state index in [4.69, 9.17) is 14.5 Å². The third kappa shape index (κ3) is 5.39. The van der Waals surface area contributed by atoms with E-state index in [0.29, 0.717) is 19.7 Å². The number of aromatic nitrogens is 2. The number of ether oxygens (including phenoxy) is 2. The number of para-hydroxylation sites is 3. The highest BCUT2D eigenvalue weighted by Crippen LogP contribution is 2.23. The zero-order valence-electron chi connectivity index (χ0n) is 20.2. The van der Waals surface area contributed by atoms with E-state index in [1.165, 1.54) is 0 Å². The Labute approximate surface area is 200 Å². The number of nitrogens with one attached hydrogen (secondary N) is 1. The lowest BCUT2D eigenvalue weighted by molar-refractivity contribution is -0.123. The van der Waals surface area contributed by atoms with Gasteiger partial charge < -0.3 is 19.4 Å². The summed E-state index contributed by atoms with van der Waals surface area (Å²) in [6, 6.07) is 20.1. The standard InChI is InChI=1S/C28H31N3O3/c1-19-12-13-20(2)25(16-19)34-18-27(32)29-17-26-30-23-10-5-6-11-24(23)31(26)14-15-33-28-21(3)8-7-9-22(28)4/h5-13,16H,14-15,17-18H2,1-4H3,(H,29,32). The first-order valence-corrected chi connectivity index (χ1v) is 11.5. The summed E-state index contributed by atoms with van der Waals surface area (Å²) in [7, 11) is 0. The van der Waals surface area contributed by atoms with Crippen molar-refractivity contribution in [3.05, 3.63) is 88.7 Å². The average Bonchev–Trinajstić information content (AvgIpc) is 3.17. The second-order valence-corrected chi connectivity index (χ2v) is 8.57. The number of carbonyl (C=O) groups excluding carboxylic acids is 1. The van der Waals surface area contributed by atoms with Crippen molar-refractivity contribution in [2.24, 2.45) is 0 Å². The fourth-order valence-electron chi connectivity index (χ4n) is 4.01. The van der Waals surface area contributed by atoms with Crippen LogP contribution in [0.25, 0.3) is 11.0 Å². The number of imidazole rings is 1. The summed E-state index contributed by atoms with van der Waals surface area (Å²) in [5.41, 5.74) is 6.24. The first-order chi connectivity index (χ1) is 16.4.